The molecule has 1 aliphatic heterocycles. The van der Waals surface area contributed by atoms with Gasteiger partial charge >= 0.3 is 0 Å². The maximum absolute atomic E-state index is 6.36. The minimum absolute atomic E-state index is 0.174. The summed E-state index contributed by atoms with van der Waals surface area (Å²) in [6, 6.07) is 36.0. The molecule has 1 fully saturated rings. The molecule has 0 bridgehead atoms. The highest BCUT2D eigenvalue weighted by Crippen LogP contribution is 2.44. The van der Waals surface area contributed by atoms with Gasteiger partial charge in [-0.2, -0.15) is 0 Å². The highest BCUT2D eigenvalue weighted by atomic mass is 35.5. The monoisotopic (exact) mass is 590 g/mol. The molecule has 5 heteroatoms. The summed E-state index contributed by atoms with van der Waals surface area (Å²) in [5, 5.41) is 5.86. The molecule has 4 aromatic rings. The number of hydrogen-bond donors (Lipinski definition) is 1. The van der Waals surface area contributed by atoms with Crippen LogP contribution in [-0.2, 0) is 10.8 Å². The van der Waals surface area contributed by atoms with Crippen LogP contribution in [-0.4, -0.2) is 37.6 Å². The summed E-state index contributed by atoms with van der Waals surface area (Å²) in [5.74, 6) is 0. The third-order valence-electron chi connectivity index (χ3n) is 8.73. The fraction of sp³-hybridized carbons (Fsp3) is 0.314. The van der Waals surface area contributed by atoms with E-state index < -0.39 is 0 Å². The first-order chi connectivity index (χ1) is 19.4. The Kier molecular flexibility index (Phi) is 9.56. The number of likely N-dealkylation sites (tertiary alicyclic amines) is 1. The normalized spacial score (nSPS) is 15.7. The number of benzene rings is 4. The summed E-state index contributed by atoms with van der Waals surface area (Å²) in [6.07, 6.45) is 3.20. The number of piperidine rings is 1. The second-order valence-corrected chi connectivity index (χ2v) is 12.3. The SMILES string of the molecule is CCNCC1(c2ccccc2)CCN(CCC(c2ccc(Cl)cc2)(c2ccc(Cl)cc2)c2ccc(Cl)cc2)CC1. The van der Waals surface area contributed by atoms with Crippen LogP contribution in [0, 0.1) is 0 Å². The van der Waals surface area contributed by atoms with Gasteiger partial charge in [0, 0.05) is 32.4 Å². The molecule has 1 N–H and O–H groups in total. The molecule has 4 aromatic carbocycles. The lowest BCUT2D eigenvalue weighted by Gasteiger charge is -2.44. The molecule has 2 nitrogen and oxygen atoms in total. The number of hydrogen-bond acceptors (Lipinski definition) is 2. The average Bonchev–Trinajstić information content (AvgIpc) is 2.99. The van der Waals surface area contributed by atoms with Crippen molar-refractivity contribution in [2.75, 3.05) is 32.7 Å². The lowest BCUT2D eigenvalue weighted by atomic mass is 9.67. The van der Waals surface area contributed by atoms with Crippen LogP contribution in [0.2, 0.25) is 15.1 Å². The Morgan fingerprint density at radius 2 is 1.12 bits per heavy atom. The molecular weight excluding hydrogens is 555 g/mol. The molecule has 0 aromatic heterocycles. The molecule has 5 rings (SSSR count). The Labute approximate surface area is 254 Å². The molecule has 0 saturated carbocycles. The first-order valence-corrected chi connectivity index (χ1v) is 15.4. The van der Waals surface area contributed by atoms with Crippen LogP contribution in [0.4, 0.5) is 0 Å². The lowest BCUT2D eigenvalue weighted by molar-refractivity contribution is 0.150. The van der Waals surface area contributed by atoms with Crippen LogP contribution < -0.4 is 5.32 Å². The van der Waals surface area contributed by atoms with E-state index in [-0.39, 0.29) is 10.8 Å². The number of nitrogens with one attached hydrogen (secondary N) is 1. The van der Waals surface area contributed by atoms with Gasteiger partial charge in [0.2, 0.25) is 0 Å². The van der Waals surface area contributed by atoms with Crippen LogP contribution in [0.1, 0.15) is 48.4 Å². The number of likely N-dealkylation sites (N-methyl/N-ethyl adjacent to an activating group) is 1. The van der Waals surface area contributed by atoms with Gasteiger partial charge < -0.3 is 10.2 Å². The van der Waals surface area contributed by atoms with E-state index in [4.69, 9.17) is 34.8 Å². The zero-order valence-corrected chi connectivity index (χ0v) is 25.3. The standard InChI is InChI=1S/C35H37Cl3N2/c1-2-39-26-34(27-6-4-3-5-7-27)20-23-40(24-21-34)25-22-35(28-8-14-31(36)15-9-28,29-10-16-32(37)17-11-29)30-12-18-33(38)19-13-30/h3-19,39H,2,20-26H2,1H3. The maximum Gasteiger partial charge on any atom is 0.0463 e. The third-order valence-corrected chi connectivity index (χ3v) is 9.48. The van der Waals surface area contributed by atoms with E-state index in [1.54, 1.807) is 0 Å². The van der Waals surface area contributed by atoms with E-state index in [1.807, 2.05) is 36.4 Å². The summed E-state index contributed by atoms with van der Waals surface area (Å²) in [7, 11) is 0. The highest BCUT2D eigenvalue weighted by Gasteiger charge is 2.39. The van der Waals surface area contributed by atoms with Crippen molar-refractivity contribution in [3.05, 3.63) is 140 Å². The van der Waals surface area contributed by atoms with Crippen molar-refractivity contribution >= 4 is 34.8 Å². The first kappa shape index (κ1) is 29.2. The van der Waals surface area contributed by atoms with Crippen LogP contribution in [0.25, 0.3) is 0 Å². The second kappa shape index (κ2) is 13.1. The van der Waals surface area contributed by atoms with Crippen molar-refractivity contribution in [2.45, 2.75) is 37.0 Å². The van der Waals surface area contributed by atoms with Crippen molar-refractivity contribution in [1.82, 2.24) is 10.2 Å². The number of halogens is 3. The molecule has 40 heavy (non-hydrogen) atoms. The van der Waals surface area contributed by atoms with Crippen molar-refractivity contribution in [2.24, 2.45) is 0 Å². The van der Waals surface area contributed by atoms with Crippen LogP contribution in [0.3, 0.4) is 0 Å². The highest BCUT2D eigenvalue weighted by molar-refractivity contribution is 6.31. The molecule has 0 radical (unpaired) electrons. The quantitative estimate of drug-likeness (QED) is 0.185. The fourth-order valence-corrected chi connectivity index (χ4v) is 6.77. The Bertz CT molecular complexity index is 1230. The van der Waals surface area contributed by atoms with Crippen LogP contribution in [0.15, 0.2) is 103 Å². The van der Waals surface area contributed by atoms with Crippen molar-refractivity contribution in [3.63, 3.8) is 0 Å². The molecule has 1 heterocycles. The van der Waals surface area contributed by atoms with Gasteiger partial charge in [-0.3, -0.25) is 0 Å². The van der Waals surface area contributed by atoms with Crippen LogP contribution in [0.5, 0.6) is 0 Å². The van der Waals surface area contributed by atoms with Gasteiger partial charge in [0.25, 0.3) is 0 Å². The summed E-state index contributed by atoms with van der Waals surface area (Å²) in [6.45, 7) is 7.31. The lowest BCUT2D eigenvalue weighted by Crippen LogP contribution is -2.48. The number of nitrogens with zero attached hydrogens (tertiary/aromatic N) is 1. The van der Waals surface area contributed by atoms with E-state index in [9.17, 15) is 0 Å². The predicted octanol–water partition coefficient (Wildman–Crippen LogP) is 9.01. The summed E-state index contributed by atoms with van der Waals surface area (Å²) in [4.78, 5) is 2.64. The van der Waals surface area contributed by atoms with E-state index in [0.717, 1.165) is 67.1 Å². The topological polar surface area (TPSA) is 15.3 Å². The summed E-state index contributed by atoms with van der Waals surface area (Å²) < 4.78 is 0. The average molecular weight is 592 g/mol. The molecule has 1 saturated heterocycles. The van der Waals surface area contributed by atoms with Crippen molar-refractivity contribution in [1.29, 1.82) is 0 Å². The van der Waals surface area contributed by atoms with Gasteiger partial charge in [0.1, 0.15) is 0 Å². The fourth-order valence-electron chi connectivity index (χ4n) is 6.39. The van der Waals surface area contributed by atoms with E-state index in [2.05, 4.69) is 83.9 Å². The molecule has 0 amide bonds. The molecule has 0 unspecified atom stereocenters. The minimum Gasteiger partial charge on any atom is -0.316 e. The van der Waals surface area contributed by atoms with E-state index >= 15 is 0 Å². The summed E-state index contributed by atoms with van der Waals surface area (Å²) in [5.41, 5.74) is 4.89. The molecular formula is C35H37Cl3N2. The van der Waals surface area contributed by atoms with Gasteiger partial charge in [-0.15, -0.1) is 0 Å². The Balaban J connectivity index is 1.47. The zero-order valence-electron chi connectivity index (χ0n) is 23.1. The smallest absolute Gasteiger partial charge is 0.0463 e. The van der Waals surface area contributed by atoms with Gasteiger partial charge in [-0.25, -0.2) is 0 Å². The van der Waals surface area contributed by atoms with Crippen molar-refractivity contribution < 1.29 is 0 Å². The molecule has 1 aliphatic rings. The third kappa shape index (κ3) is 6.27. The minimum atomic E-state index is -0.377. The van der Waals surface area contributed by atoms with Gasteiger partial charge in [-0.1, -0.05) is 108 Å². The Morgan fingerprint density at radius 3 is 1.55 bits per heavy atom. The first-order valence-electron chi connectivity index (χ1n) is 14.2. The predicted molar refractivity (Wildman–Crippen MR) is 171 cm³/mol. The Morgan fingerprint density at radius 1 is 0.675 bits per heavy atom. The van der Waals surface area contributed by atoms with Gasteiger partial charge in [0.05, 0.1) is 0 Å². The summed E-state index contributed by atoms with van der Waals surface area (Å²) >= 11 is 19.1. The molecule has 0 aliphatic carbocycles. The molecule has 0 spiro atoms. The zero-order chi connectivity index (χ0) is 28.0. The Hall–Kier alpha value is -2.33. The van der Waals surface area contributed by atoms with E-state index in [1.165, 1.54) is 22.3 Å². The number of rotatable bonds is 10. The second-order valence-electron chi connectivity index (χ2n) is 10.9. The van der Waals surface area contributed by atoms with Gasteiger partial charge in [0.15, 0.2) is 0 Å². The van der Waals surface area contributed by atoms with Crippen molar-refractivity contribution in [3.8, 4) is 0 Å². The largest absolute Gasteiger partial charge is 0.316 e. The molecule has 208 valence electrons. The van der Waals surface area contributed by atoms with Gasteiger partial charge in [-0.05, 0) is 104 Å². The van der Waals surface area contributed by atoms with Crippen LogP contribution >= 0.6 is 34.8 Å². The van der Waals surface area contributed by atoms with E-state index in [0.29, 0.717) is 0 Å². The molecule has 0 atom stereocenters. The maximum atomic E-state index is 6.36.